The molecule has 0 bridgehead atoms. The maximum absolute atomic E-state index is 12.6. The molecule has 0 spiro atoms. The fourth-order valence-electron chi connectivity index (χ4n) is 5.10. The number of aliphatic carboxylic acids is 2. The van der Waals surface area contributed by atoms with Gasteiger partial charge in [-0.3, -0.25) is 48.3 Å². The van der Waals surface area contributed by atoms with E-state index >= 15 is 0 Å². The molecule has 1 amide bonds. The summed E-state index contributed by atoms with van der Waals surface area (Å²) in [6, 6.07) is 0. The molecular formula is C28H45N5O13. The smallest absolute Gasteiger partial charge is 0.327 e. The fraction of sp³-hybridized carbons (Fsp3) is 0.750. The molecule has 18 heteroatoms. The molecule has 2 aliphatic rings. The number of esters is 4. The average molecular weight is 660 g/mol. The van der Waals surface area contributed by atoms with E-state index in [-0.39, 0.29) is 76.8 Å². The third-order valence-electron chi connectivity index (χ3n) is 7.55. The van der Waals surface area contributed by atoms with Crippen LogP contribution in [0.2, 0.25) is 0 Å². The second-order valence-electron chi connectivity index (χ2n) is 11.3. The lowest BCUT2D eigenvalue weighted by atomic mass is 9.83. The maximum atomic E-state index is 12.6. The Bertz CT molecular complexity index is 1090. The van der Waals surface area contributed by atoms with E-state index in [9.17, 15) is 43.8 Å². The van der Waals surface area contributed by atoms with Crippen LogP contribution in [0.5, 0.6) is 0 Å². The zero-order chi connectivity index (χ0) is 34.4. The summed E-state index contributed by atoms with van der Waals surface area (Å²) in [7, 11) is 0. The molecule has 0 aromatic rings. The number of carbonyl (C=O) groups excluding carboxylic acids is 5. The summed E-state index contributed by atoms with van der Waals surface area (Å²) in [4.78, 5) is 85.9. The largest absolute Gasteiger partial charge is 0.480 e. The molecule has 2 heterocycles. The molecule has 0 aromatic heterocycles. The molecule has 260 valence electrons. The fourth-order valence-corrected chi connectivity index (χ4v) is 5.10. The van der Waals surface area contributed by atoms with E-state index in [0.717, 1.165) is 0 Å². The normalized spacial score (nSPS) is 23.6. The monoisotopic (exact) mass is 659 g/mol. The predicted molar refractivity (Wildman–Crippen MR) is 156 cm³/mol. The first-order valence-electron chi connectivity index (χ1n) is 15.0. The van der Waals surface area contributed by atoms with Crippen molar-refractivity contribution in [3.63, 3.8) is 0 Å². The Hall–Kier alpha value is -3.71. The van der Waals surface area contributed by atoms with Gasteiger partial charge in [-0.05, 0) is 5.92 Å². The first kappa shape index (κ1) is 38.5. The molecule has 0 radical (unpaired) electrons. The second-order valence-corrected chi connectivity index (χ2v) is 11.3. The number of cyclic esters (lactones) is 2. The van der Waals surface area contributed by atoms with Crippen LogP contribution in [-0.4, -0.2) is 164 Å². The Morgan fingerprint density at radius 1 is 0.848 bits per heavy atom. The highest BCUT2D eigenvalue weighted by Gasteiger charge is 2.45. The van der Waals surface area contributed by atoms with Crippen LogP contribution in [0, 0.1) is 11.8 Å². The zero-order valence-electron chi connectivity index (χ0n) is 26.6. The van der Waals surface area contributed by atoms with E-state index < -0.39 is 60.7 Å². The Kier molecular flexibility index (Phi) is 15.9. The zero-order valence-corrected chi connectivity index (χ0v) is 26.6. The van der Waals surface area contributed by atoms with Gasteiger partial charge in [-0.2, -0.15) is 0 Å². The van der Waals surface area contributed by atoms with Gasteiger partial charge >= 0.3 is 35.8 Å². The van der Waals surface area contributed by atoms with Crippen molar-refractivity contribution in [1.82, 2.24) is 25.3 Å². The van der Waals surface area contributed by atoms with E-state index in [1.54, 1.807) is 0 Å². The minimum atomic E-state index is -1.16. The molecule has 3 unspecified atom stereocenters. The van der Waals surface area contributed by atoms with Gasteiger partial charge in [0.2, 0.25) is 12.2 Å². The topological polar surface area (TPSA) is 231 Å². The van der Waals surface area contributed by atoms with Crippen molar-refractivity contribution in [3.05, 3.63) is 0 Å². The van der Waals surface area contributed by atoms with Crippen LogP contribution in [0.1, 0.15) is 27.7 Å². The first-order chi connectivity index (χ1) is 21.6. The number of nitrogens with one attached hydrogen (secondary N) is 2. The quantitative estimate of drug-likeness (QED) is 0.0480. The summed E-state index contributed by atoms with van der Waals surface area (Å²) in [6.07, 6.45) is -2.19. The van der Waals surface area contributed by atoms with Gasteiger partial charge < -0.3 is 39.8 Å². The van der Waals surface area contributed by atoms with E-state index in [1.165, 1.54) is 28.5 Å². The highest BCUT2D eigenvalue weighted by Crippen LogP contribution is 2.33. The first-order valence-corrected chi connectivity index (χ1v) is 15.0. The maximum Gasteiger partial charge on any atom is 0.327 e. The predicted octanol–water partition coefficient (Wildman–Crippen LogP) is -2.66. The van der Waals surface area contributed by atoms with E-state index in [1.807, 2.05) is 13.8 Å². The number of amides is 1. The van der Waals surface area contributed by atoms with Crippen molar-refractivity contribution in [2.24, 2.45) is 11.8 Å². The third-order valence-corrected chi connectivity index (χ3v) is 7.55. The molecule has 0 saturated carbocycles. The van der Waals surface area contributed by atoms with Crippen molar-refractivity contribution >= 4 is 41.7 Å². The van der Waals surface area contributed by atoms with Gasteiger partial charge in [0, 0.05) is 65.6 Å². The molecule has 0 aliphatic carbocycles. The van der Waals surface area contributed by atoms with Crippen LogP contribution in [0.4, 0.5) is 0 Å². The lowest BCUT2D eigenvalue weighted by molar-refractivity contribution is -0.265. The van der Waals surface area contributed by atoms with Gasteiger partial charge in [-0.1, -0.05) is 13.8 Å². The van der Waals surface area contributed by atoms with Crippen LogP contribution >= 0.6 is 0 Å². The number of carbonyl (C=O) groups is 7. The van der Waals surface area contributed by atoms with Crippen molar-refractivity contribution < 1.29 is 62.7 Å². The number of carboxylic acid groups (broad SMARTS) is 2. The molecule has 18 nitrogen and oxygen atoms in total. The van der Waals surface area contributed by atoms with Crippen LogP contribution in [-0.2, 0) is 52.5 Å². The van der Waals surface area contributed by atoms with Gasteiger partial charge in [0.05, 0.1) is 38.8 Å². The third kappa shape index (κ3) is 14.2. The van der Waals surface area contributed by atoms with Gasteiger partial charge in [0.1, 0.15) is 0 Å². The van der Waals surface area contributed by atoms with Crippen molar-refractivity contribution in [2.75, 3.05) is 78.5 Å². The molecule has 5 atom stereocenters. The van der Waals surface area contributed by atoms with Crippen molar-refractivity contribution in [3.8, 4) is 0 Å². The highest BCUT2D eigenvalue weighted by atomic mass is 16.7. The second kappa shape index (κ2) is 19.1. The van der Waals surface area contributed by atoms with Gasteiger partial charge in [0.15, 0.2) is 6.10 Å². The minimum Gasteiger partial charge on any atom is -0.480 e. The van der Waals surface area contributed by atoms with E-state index in [4.69, 9.17) is 14.2 Å². The Balaban J connectivity index is 1.81. The number of ether oxygens (including phenoxy) is 4. The molecule has 2 saturated heterocycles. The average Bonchev–Trinajstić information content (AvgIpc) is 2.93. The van der Waals surface area contributed by atoms with Gasteiger partial charge in [-0.15, -0.1) is 0 Å². The van der Waals surface area contributed by atoms with Gasteiger partial charge in [0.25, 0.3) is 0 Å². The molecule has 2 aliphatic heterocycles. The standard InChI is InChI=1S/C28H45N5O13/c1-17-18(2)27(43-19(3)34)28(44-20(4)35)45-21(17)11-29-5-6-30-22(36)12-32(14-24(39)40)9-7-31(13-23(37)38)8-10-33-15-25(41)46-26(42)16-33/h17-18,21,27-29H,5-16H2,1-4H3,(H,30,36)(H,37,38)(H,39,40)/t17-,18+,21?,27?,28?/m1/s1. The number of morpholine rings is 1. The minimum absolute atomic E-state index is 0.0672. The summed E-state index contributed by atoms with van der Waals surface area (Å²) in [5, 5.41) is 24.5. The Morgan fingerprint density at radius 3 is 2.02 bits per heavy atom. The van der Waals surface area contributed by atoms with Crippen molar-refractivity contribution in [1.29, 1.82) is 0 Å². The van der Waals surface area contributed by atoms with Crippen LogP contribution in [0.15, 0.2) is 0 Å². The van der Waals surface area contributed by atoms with Gasteiger partial charge in [-0.25, -0.2) is 0 Å². The number of carboxylic acids is 2. The molecule has 0 aromatic carbocycles. The van der Waals surface area contributed by atoms with Crippen LogP contribution in [0.3, 0.4) is 0 Å². The molecular weight excluding hydrogens is 614 g/mol. The lowest BCUT2D eigenvalue weighted by Gasteiger charge is -2.43. The number of rotatable bonds is 19. The highest BCUT2D eigenvalue weighted by molar-refractivity contribution is 5.90. The number of hydrogen-bond donors (Lipinski definition) is 4. The summed E-state index contributed by atoms with van der Waals surface area (Å²) < 4.78 is 21.0. The molecule has 2 rings (SSSR count). The number of hydrogen-bond acceptors (Lipinski definition) is 15. The summed E-state index contributed by atoms with van der Waals surface area (Å²) in [5.74, 6) is -5.43. The SMILES string of the molecule is CC(=O)OC1OC(CNCCNC(=O)CN(CCN(CCN2CC(=O)OC(=O)C2)CC(=O)O)CC(=O)O)[C@H](C)[C@H](C)C1OC(C)=O. The number of nitrogens with zero attached hydrogens (tertiary/aromatic N) is 3. The van der Waals surface area contributed by atoms with Crippen molar-refractivity contribution in [2.45, 2.75) is 46.2 Å². The van der Waals surface area contributed by atoms with Crippen LogP contribution in [0.25, 0.3) is 0 Å². The summed E-state index contributed by atoms with van der Waals surface area (Å²) in [6.45, 7) is 6.51. The van der Waals surface area contributed by atoms with E-state index in [0.29, 0.717) is 13.1 Å². The summed E-state index contributed by atoms with van der Waals surface area (Å²) in [5.41, 5.74) is 0. The Labute approximate surface area is 266 Å². The molecule has 4 N–H and O–H groups in total. The molecule has 2 fully saturated rings. The van der Waals surface area contributed by atoms with Crippen LogP contribution < -0.4 is 10.6 Å². The summed E-state index contributed by atoms with van der Waals surface area (Å²) >= 11 is 0. The lowest BCUT2D eigenvalue weighted by Crippen LogP contribution is -2.55. The molecule has 46 heavy (non-hydrogen) atoms. The van der Waals surface area contributed by atoms with E-state index in [2.05, 4.69) is 15.4 Å². The Morgan fingerprint density at radius 2 is 1.43 bits per heavy atom.